The number of ether oxygens (including phenoxy) is 1. The van der Waals surface area contributed by atoms with Crippen molar-refractivity contribution in [2.75, 3.05) is 7.11 Å². The van der Waals surface area contributed by atoms with Gasteiger partial charge in [0.2, 0.25) is 0 Å². The summed E-state index contributed by atoms with van der Waals surface area (Å²) in [5.74, 6) is 0.272. The number of methoxy groups -OCH3 is 1. The maximum Gasteiger partial charge on any atom is 0.168 e. The lowest BCUT2D eigenvalue weighted by Crippen LogP contribution is -2.51. The zero-order chi connectivity index (χ0) is 17.2. The van der Waals surface area contributed by atoms with Crippen molar-refractivity contribution in [2.45, 2.75) is 54.7 Å². The molecule has 3 aliphatic rings. The Hall–Kier alpha value is -0.400. The van der Waals surface area contributed by atoms with Crippen LogP contribution in [0.15, 0.2) is 12.1 Å². The third-order valence-corrected chi connectivity index (χ3v) is 8.20. The van der Waals surface area contributed by atoms with Gasteiger partial charge < -0.3 is 14.9 Å². The van der Waals surface area contributed by atoms with Crippen molar-refractivity contribution in [2.24, 2.45) is 17.3 Å². The van der Waals surface area contributed by atoms with Gasteiger partial charge in [-0.1, -0.05) is 35.6 Å². The summed E-state index contributed by atoms with van der Waals surface area (Å²) in [6.07, 6.45) is 3.05. The Kier molecular flexibility index (Phi) is 4.12. The lowest BCUT2D eigenvalue weighted by molar-refractivity contribution is -0.0924. The number of phenolic OH excluding ortho intramolecular Hbond substituents is 1. The number of hydrogen-bond donors (Lipinski definition) is 2. The van der Waals surface area contributed by atoms with Crippen LogP contribution in [0.3, 0.4) is 0 Å². The maximum absolute atomic E-state index is 14.4. The molecule has 0 amide bonds. The van der Waals surface area contributed by atoms with E-state index in [9.17, 15) is 14.6 Å². The molecule has 132 valence electrons. The molecule has 0 aliphatic heterocycles. The Labute approximate surface area is 155 Å². The van der Waals surface area contributed by atoms with Gasteiger partial charge in [0, 0.05) is 22.4 Å². The van der Waals surface area contributed by atoms with Crippen molar-refractivity contribution >= 4 is 22.6 Å². The number of fused-ring (bicyclic) bond motifs is 5. The monoisotopic (exact) mass is 444 g/mol. The SMILES string of the molecule is CO[C@H]1C[C@]2(C)[C@@H](O)[C@H]([125I])C[C@H]2[C@@H]2CCc3c(ccc(O)c3F)[C@H]21. The number of aromatic hydroxyl groups is 1. The molecule has 2 saturated carbocycles. The second kappa shape index (κ2) is 5.81. The van der Waals surface area contributed by atoms with E-state index in [4.69, 9.17) is 4.74 Å². The first-order valence-corrected chi connectivity index (χ1v) is 9.98. The molecule has 0 aromatic heterocycles. The summed E-state index contributed by atoms with van der Waals surface area (Å²) in [5, 5.41) is 20.5. The van der Waals surface area contributed by atoms with E-state index in [0.717, 1.165) is 24.8 Å². The smallest absolute Gasteiger partial charge is 0.168 e. The van der Waals surface area contributed by atoms with Gasteiger partial charge in [0.25, 0.3) is 0 Å². The topological polar surface area (TPSA) is 49.7 Å². The fraction of sp³-hybridized carbons (Fsp3) is 0.684. The molecule has 0 spiro atoms. The maximum atomic E-state index is 14.4. The number of halogens is 2. The van der Waals surface area contributed by atoms with Crippen LogP contribution in [0, 0.1) is 23.1 Å². The highest BCUT2D eigenvalue weighted by Gasteiger charge is 2.60. The van der Waals surface area contributed by atoms with Crippen LogP contribution in [0.25, 0.3) is 0 Å². The van der Waals surface area contributed by atoms with E-state index in [-0.39, 0.29) is 33.2 Å². The van der Waals surface area contributed by atoms with Gasteiger partial charge in [-0.15, -0.1) is 0 Å². The van der Waals surface area contributed by atoms with Gasteiger partial charge in [-0.05, 0) is 54.7 Å². The molecule has 7 atom stereocenters. The van der Waals surface area contributed by atoms with E-state index in [1.54, 1.807) is 7.11 Å². The van der Waals surface area contributed by atoms with Crippen LogP contribution in [-0.2, 0) is 11.2 Å². The number of hydrogen-bond acceptors (Lipinski definition) is 3. The molecule has 2 fully saturated rings. The first kappa shape index (κ1) is 17.0. The number of alkyl halides is 1. The van der Waals surface area contributed by atoms with E-state index in [0.29, 0.717) is 23.8 Å². The van der Waals surface area contributed by atoms with Crippen molar-refractivity contribution in [3.8, 4) is 5.75 Å². The van der Waals surface area contributed by atoms with Crippen LogP contribution in [0.2, 0.25) is 0 Å². The summed E-state index contributed by atoms with van der Waals surface area (Å²) in [4.78, 5) is 0. The van der Waals surface area contributed by atoms with Crippen LogP contribution >= 0.6 is 22.6 Å². The molecular weight excluding hydrogens is 420 g/mol. The summed E-state index contributed by atoms with van der Waals surface area (Å²) < 4.78 is 20.5. The predicted octanol–water partition coefficient (Wildman–Crippen LogP) is 3.79. The van der Waals surface area contributed by atoms with Crippen LogP contribution in [0.1, 0.15) is 43.2 Å². The Morgan fingerprint density at radius 3 is 2.83 bits per heavy atom. The molecule has 24 heavy (non-hydrogen) atoms. The molecule has 0 heterocycles. The first-order valence-electron chi connectivity index (χ1n) is 8.73. The standard InChI is InChI=1S/C19H24FIO3/c1-19-8-15(24-2)16-9-5-6-14(22)17(20)10(9)3-4-11(16)12(19)7-13(21)18(19)23/h5-6,11-13,15-16,18,22-23H,3-4,7-8H2,1-2H3/t11-,12-,13+,15-,16+,18-,19-/m0/s1/i21-2. The fourth-order valence-corrected chi connectivity index (χ4v) is 7.21. The molecule has 0 radical (unpaired) electrons. The Bertz CT molecular complexity index is 666. The minimum Gasteiger partial charge on any atom is -0.505 e. The zero-order valence-corrected chi connectivity index (χ0v) is 16.2. The predicted molar refractivity (Wildman–Crippen MR) is 98.1 cm³/mol. The second-order valence-electron chi connectivity index (χ2n) is 7.98. The minimum atomic E-state index is -0.465. The third kappa shape index (κ3) is 2.20. The Morgan fingerprint density at radius 2 is 2.12 bits per heavy atom. The summed E-state index contributed by atoms with van der Waals surface area (Å²) in [5.41, 5.74) is 1.54. The number of rotatable bonds is 1. The Balaban J connectivity index is 1.80. The van der Waals surface area contributed by atoms with Crippen LogP contribution < -0.4 is 0 Å². The molecule has 4 rings (SSSR count). The molecule has 0 bridgehead atoms. The number of aliphatic hydroxyl groups excluding tert-OH is 1. The summed E-state index contributed by atoms with van der Waals surface area (Å²) in [6, 6.07) is 3.36. The lowest BCUT2D eigenvalue weighted by Gasteiger charge is -2.53. The molecule has 0 saturated heterocycles. The molecule has 5 heteroatoms. The third-order valence-electron chi connectivity index (χ3n) is 7.01. The molecule has 2 N–H and O–H groups in total. The molecular formula is C19H24FIO3. The van der Waals surface area contributed by atoms with Crippen molar-refractivity contribution in [1.82, 2.24) is 0 Å². The highest BCUT2D eigenvalue weighted by atomic mass is 125. The van der Waals surface area contributed by atoms with Gasteiger partial charge in [0.15, 0.2) is 11.6 Å². The molecule has 1 aromatic rings. The first-order chi connectivity index (χ1) is 11.4. The van der Waals surface area contributed by atoms with Crippen LogP contribution in [-0.4, -0.2) is 33.5 Å². The van der Waals surface area contributed by atoms with Crippen molar-refractivity contribution in [3.63, 3.8) is 0 Å². The highest BCUT2D eigenvalue weighted by molar-refractivity contribution is 14.1. The summed E-state index contributed by atoms with van der Waals surface area (Å²) >= 11 is 2.38. The summed E-state index contributed by atoms with van der Waals surface area (Å²) in [7, 11) is 1.72. The second-order valence-corrected chi connectivity index (χ2v) is 9.58. The van der Waals surface area contributed by atoms with Gasteiger partial charge in [-0.25, -0.2) is 4.39 Å². The van der Waals surface area contributed by atoms with Gasteiger partial charge >= 0.3 is 0 Å². The van der Waals surface area contributed by atoms with Gasteiger partial charge in [-0.2, -0.15) is 0 Å². The van der Waals surface area contributed by atoms with Crippen molar-refractivity contribution in [1.29, 1.82) is 0 Å². The van der Waals surface area contributed by atoms with E-state index in [1.807, 2.05) is 6.07 Å². The average molecular weight is 444 g/mol. The number of aliphatic hydroxyl groups is 1. The molecule has 3 nitrogen and oxygen atoms in total. The number of phenols is 1. The molecule has 0 unspecified atom stereocenters. The van der Waals surface area contributed by atoms with Gasteiger partial charge in [-0.3, -0.25) is 0 Å². The largest absolute Gasteiger partial charge is 0.505 e. The van der Waals surface area contributed by atoms with Crippen molar-refractivity contribution in [3.05, 3.63) is 29.1 Å². The zero-order valence-electron chi connectivity index (χ0n) is 14.0. The van der Waals surface area contributed by atoms with Gasteiger partial charge in [0.1, 0.15) is 0 Å². The molecule has 3 aliphatic carbocycles. The molecule has 1 aromatic carbocycles. The van der Waals surface area contributed by atoms with Crippen LogP contribution in [0.4, 0.5) is 4.39 Å². The van der Waals surface area contributed by atoms with E-state index in [2.05, 4.69) is 29.5 Å². The average Bonchev–Trinajstić information content (AvgIpc) is 2.80. The van der Waals surface area contributed by atoms with Crippen LogP contribution in [0.5, 0.6) is 5.75 Å². The van der Waals surface area contributed by atoms with Gasteiger partial charge in [0.05, 0.1) is 12.2 Å². The quantitative estimate of drug-likeness (QED) is 0.512. The van der Waals surface area contributed by atoms with E-state index in [1.165, 1.54) is 6.07 Å². The lowest BCUT2D eigenvalue weighted by atomic mass is 9.54. The normalized spacial score (nSPS) is 43.9. The summed E-state index contributed by atoms with van der Waals surface area (Å²) in [6.45, 7) is 2.20. The highest BCUT2D eigenvalue weighted by Crippen LogP contribution is 2.62. The van der Waals surface area contributed by atoms with E-state index >= 15 is 0 Å². The Morgan fingerprint density at radius 1 is 1.38 bits per heavy atom. The fourth-order valence-electron chi connectivity index (χ4n) is 5.84. The van der Waals surface area contributed by atoms with E-state index < -0.39 is 5.82 Å². The number of benzene rings is 1. The van der Waals surface area contributed by atoms with Crippen molar-refractivity contribution < 1.29 is 19.3 Å². The minimum absolute atomic E-state index is 0.0180.